The predicted molar refractivity (Wildman–Crippen MR) is 70.4 cm³/mol. The van der Waals surface area contributed by atoms with E-state index in [0.717, 1.165) is 25.1 Å². The molecule has 0 aromatic heterocycles. The quantitative estimate of drug-likeness (QED) is 0.737. The van der Waals surface area contributed by atoms with Crippen molar-refractivity contribution in [3.05, 3.63) is 34.9 Å². The Bertz CT molecular complexity index is 316. The van der Waals surface area contributed by atoms with Gasteiger partial charge in [0.2, 0.25) is 0 Å². The standard InChI is InChI=1S/C13H20ClNO2/c1-10(15-8-3-9-17-2)13(16)11-4-6-12(14)7-5-11/h4-7,10,13,15-16H,3,8-9H2,1-2H3. The molecule has 0 saturated carbocycles. The number of hydrogen-bond donors (Lipinski definition) is 2. The summed E-state index contributed by atoms with van der Waals surface area (Å²) >= 11 is 5.80. The summed E-state index contributed by atoms with van der Waals surface area (Å²) in [6.07, 6.45) is 0.420. The van der Waals surface area contributed by atoms with Gasteiger partial charge in [-0.25, -0.2) is 0 Å². The van der Waals surface area contributed by atoms with Gasteiger partial charge in [-0.2, -0.15) is 0 Å². The van der Waals surface area contributed by atoms with E-state index in [1.807, 2.05) is 19.1 Å². The Labute approximate surface area is 108 Å². The minimum atomic E-state index is -0.519. The highest BCUT2D eigenvalue weighted by Gasteiger charge is 2.15. The lowest BCUT2D eigenvalue weighted by Crippen LogP contribution is -2.33. The molecule has 1 aromatic rings. The lowest BCUT2D eigenvalue weighted by atomic mass is 10.0. The molecule has 0 spiro atoms. The second-order valence-corrected chi connectivity index (χ2v) is 4.52. The van der Waals surface area contributed by atoms with E-state index >= 15 is 0 Å². The second-order valence-electron chi connectivity index (χ2n) is 4.09. The van der Waals surface area contributed by atoms with E-state index in [9.17, 15) is 5.11 Å². The lowest BCUT2D eigenvalue weighted by molar-refractivity contribution is 0.132. The van der Waals surface area contributed by atoms with E-state index < -0.39 is 6.10 Å². The Morgan fingerprint density at radius 3 is 2.59 bits per heavy atom. The van der Waals surface area contributed by atoms with Crippen LogP contribution in [0.4, 0.5) is 0 Å². The molecule has 0 radical (unpaired) electrons. The smallest absolute Gasteiger partial charge is 0.0940 e. The normalized spacial score (nSPS) is 14.6. The maximum absolute atomic E-state index is 10.1. The number of rotatable bonds is 7. The number of methoxy groups -OCH3 is 1. The van der Waals surface area contributed by atoms with E-state index in [1.54, 1.807) is 19.2 Å². The van der Waals surface area contributed by atoms with Gasteiger partial charge in [0.05, 0.1) is 6.10 Å². The molecule has 17 heavy (non-hydrogen) atoms. The summed E-state index contributed by atoms with van der Waals surface area (Å²) in [6.45, 7) is 3.53. The molecule has 2 unspecified atom stereocenters. The Morgan fingerprint density at radius 1 is 1.35 bits per heavy atom. The van der Waals surface area contributed by atoms with E-state index in [0.29, 0.717) is 5.02 Å². The van der Waals surface area contributed by atoms with Crippen LogP contribution >= 0.6 is 11.6 Å². The predicted octanol–water partition coefficient (Wildman–Crippen LogP) is 2.39. The molecule has 0 saturated heterocycles. The summed E-state index contributed by atoms with van der Waals surface area (Å²) in [6, 6.07) is 7.28. The molecule has 96 valence electrons. The molecule has 0 aliphatic rings. The van der Waals surface area contributed by atoms with Crippen molar-refractivity contribution >= 4 is 11.6 Å². The van der Waals surface area contributed by atoms with Crippen molar-refractivity contribution < 1.29 is 9.84 Å². The summed E-state index contributed by atoms with van der Waals surface area (Å²) in [5.74, 6) is 0. The van der Waals surface area contributed by atoms with E-state index in [2.05, 4.69) is 5.32 Å². The minimum absolute atomic E-state index is 0.00744. The second kappa shape index (κ2) is 7.67. The van der Waals surface area contributed by atoms with Gasteiger partial charge >= 0.3 is 0 Å². The fourth-order valence-corrected chi connectivity index (χ4v) is 1.73. The molecule has 0 heterocycles. The van der Waals surface area contributed by atoms with Crippen molar-refractivity contribution in [2.24, 2.45) is 0 Å². The molecule has 0 aliphatic carbocycles. The summed E-state index contributed by atoms with van der Waals surface area (Å²) in [5, 5.41) is 14.0. The van der Waals surface area contributed by atoms with Crippen LogP contribution in [0.15, 0.2) is 24.3 Å². The summed E-state index contributed by atoms with van der Waals surface area (Å²) < 4.78 is 4.96. The molecule has 1 aromatic carbocycles. The first-order valence-corrected chi connectivity index (χ1v) is 6.19. The van der Waals surface area contributed by atoms with Crippen LogP contribution in [-0.2, 0) is 4.74 Å². The molecular weight excluding hydrogens is 238 g/mol. The van der Waals surface area contributed by atoms with Crippen LogP contribution in [0.2, 0.25) is 5.02 Å². The molecule has 2 atom stereocenters. The third-order valence-electron chi connectivity index (χ3n) is 2.68. The highest BCUT2D eigenvalue weighted by Crippen LogP contribution is 2.19. The number of aliphatic hydroxyl groups excluding tert-OH is 1. The highest BCUT2D eigenvalue weighted by atomic mass is 35.5. The minimum Gasteiger partial charge on any atom is -0.387 e. The summed E-state index contributed by atoms with van der Waals surface area (Å²) in [7, 11) is 1.69. The van der Waals surface area contributed by atoms with Gasteiger partial charge in [0, 0.05) is 24.8 Å². The maximum atomic E-state index is 10.1. The first kappa shape index (κ1) is 14.5. The Morgan fingerprint density at radius 2 is 2.00 bits per heavy atom. The molecule has 0 amide bonds. The van der Waals surface area contributed by atoms with Gasteiger partial charge in [-0.15, -0.1) is 0 Å². The Hall–Kier alpha value is -0.610. The fourth-order valence-electron chi connectivity index (χ4n) is 1.61. The molecular formula is C13H20ClNO2. The van der Waals surface area contributed by atoms with Crippen molar-refractivity contribution in [1.82, 2.24) is 5.32 Å². The average Bonchev–Trinajstić information content (AvgIpc) is 2.34. The van der Waals surface area contributed by atoms with Crippen LogP contribution in [0, 0.1) is 0 Å². The summed E-state index contributed by atoms with van der Waals surface area (Å²) in [4.78, 5) is 0. The zero-order valence-corrected chi connectivity index (χ0v) is 11.1. The zero-order chi connectivity index (χ0) is 12.7. The molecule has 0 fully saturated rings. The van der Waals surface area contributed by atoms with Gasteiger partial charge in [0.1, 0.15) is 0 Å². The number of hydrogen-bond acceptors (Lipinski definition) is 3. The Balaban J connectivity index is 2.40. The van der Waals surface area contributed by atoms with Gasteiger partial charge in [-0.1, -0.05) is 23.7 Å². The molecule has 2 N–H and O–H groups in total. The van der Waals surface area contributed by atoms with Crippen LogP contribution in [0.25, 0.3) is 0 Å². The topological polar surface area (TPSA) is 41.5 Å². The van der Waals surface area contributed by atoms with Crippen molar-refractivity contribution in [2.75, 3.05) is 20.3 Å². The number of nitrogens with one attached hydrogen (secondary N) is 1. The van der Waals surface area contributed by atoms with Gasteiger partial charge in [0.15, 0.2) is 0 Å². The van der Waals surface area contributed by atoms with Crippen molar-refractivity contribution in [1.29, 1.82) is 0 Å². The van der Waals surface area contributed by atoms with Gasteiger partial charge in [-0.3, -0.25) is 0 Å². The third kappa shape index (κ3) is 5.04. The van der Waals surface area contributed by atoms with E-state index in [-0.39, 0.29) is 6.04 Å². The van der Waals surface area contributed by atoms with E-state index in [1.165, 1.54) is 0 Å². The first-order valence-electron chi connectivity index (χ1n) is 5.81. The fraction of sp³-hybridized carbons (Fsp3) is 0.538. The van der Waals surface area contributed by atoms with E-state index in [4.69, 9.17) is 16.3 Å². The van der Waals surface area contributed by atoms with Gasteiger partial charge in [0.25, 0.3) is 0 Å². The molecule has 4 heteroatoms. The Kier molecular flexibility index (Phi) is 6.52. The monoisotopic (exact) mass is 257 g/mol. The third-order valence-corrected chi connectivity index (χ3v) is 2.93. The van der Waals surface area contributed by atoms with Crippen LogP contribution in [0.3, 0.4) is 0 Å². The molecule has 3 nitrogen and oxygen atoms in total. The number of benzene rings is 1. The van der Waals surface area contributed by atoms with Crippen LogP contribution in [0.5, 0.6) is 0 Å². The highest BCUT2D eigenvalue weighted by molar-refractivity contribution is 6.30. The number of ether oxygens (including phenoxy) is 1. The van der Waals surface area contributed by atoms with Gasteiger partial charge < -0.3 is 15.2 Å². The summed E-state index contributed by atoms with van der Waals surface area (Å²) in [5.41, 5.74) is 0.876. The number of aliphatic hydroxyl groups is 1. The van der Waals surface area contributed by atoms with Crippen LogP contribution in [0.1, 0.15) is 25.0 Å². The van der Waals surface area contributed by atoms with Crippen LogP contribution in [-0.4, -0.2) is 31.4 Å². The largest absolute Gasteiger partial charge is 0.387 e. The van der Waals surface area contributed by atoms with Crippen molar-refractivity contribution in [3.8, 4) is 0 Å². The molecule has 0 bridgehead atoms. The average molecular weight is 258 g/mol. The van der Waals surface area contributed by atoms with Crippen molar-refractivity contribution in [2.45, 2.75) is 25.5 Å². The van der Waals surface area contributed by atoms with Crippen LogP contribution < -0.4 is 5.32 Å². The zero-order valence-electron chi connectivity index (χ0n) is 10.3. The van der Waals surface area contributed by atoms with Crippen molar-refractivity contribution in [3.63, 3.8) is 0 Å². The lowest BCUT2D eigenvalue weighted by Gasteiger charge is -2.20. The SMILES string of the molecule is COCCCNC(C)C(O)c1ccc(Cl)cc1. The molecule has 0 aliphatic heterocycles. The molecule has 1 rings (SSSR count). The van der Waals surface area contributed by atoms with Gasteiger partial charge in [-0.05, 0) is 37.6 Å². The maximum Gasteiger partial charge on any atom is 0.0940 e. The number of halogens is 1. The first-order chi connectivity index (χ1) is 8.15.